The topological polar surface area (TPSA) is 82.5 Å². The van der Waals surface area contributed by atoms with Gasteiger partial charge >= 0.3 is 0 Å². The summed E-state index contributed by atoms with van der Waals surface area (Å²) in [6.45, 7) is 4.12. The molecule has 5 nitrogen and oxygen atoms in total. The molecule has 3 rings (SSSR count). The first kappa shape index (κ1) is 19.6. The maximum atomic E-state index is 13.0. The first-order valence-corrected chi connectivity index (χ1v) is 9.64. The molecule has 28 heavy (non-hydrogen) atoms. The molecule has 1 aliphatic rings. The van der Waals surface area contributed by atoms with Gasteiger partial charge in [-0.05, 0) is 48.2 Å². The molecule has 0 aliphatic carbocycles. The number of hydrogen-bond acceptors (Lipinski definition) is 4. The van der Waals surface area contributed by atoms with Crippen molar-refractivity contribution in [2.24, 2.45) is 16.6 Å². The number of guanidine groups is 1. The summed E-state index contributed by atoms with van der Waals surface area (Å²) in [5.74, 6) is 0.00269. The molecule has 0 fully saturated rings. The number of nitrogens with zero attached hydrogens (tertiary/aromatic N) is 3. The predicted molar refractivity (Wildman–Crippen MR) is 111 cm³/mol. The highest BCUT2D eigenvalue weighted by Gasteiger charge is 2.45. The lowest BCUT2D eigenvalue weighted by Crippen LogP contribution is -2.53. The minimum atomic E-state index is -0.717. The Hall–Kier alpha value is -3.13. The fraction of sp³-hybridized carbons (Fsp3) is 0.348. The smallest absolute Gasteiger partial charge is 0.234 e. The molecular weight excluding hydrogens is 348 g/mol. The molecular formula is C23H26N4O. The van der Waals surface area contributed by atoms with Crippen LogP contribution < -0.4 is 5.73 Å². The molecule has 2 aromatic carbocycles. The Balaban J connectivity index is 2.09. The summed E-state index contributed by atoms with van der Waals surface area (Å²) < 4.78 is 0. The van der Waals surface area contributed by atoms with Crippen LogP contribution in [0, 0.1) is 17.2 Å². The van der Waals surface area contributed by atoms with Crippen LogP contribution in [0.25, 0.3) is 11.1 Å². The van der Waals surface area contributed by atoms with E-state index in [4.69, 9.17) is 10.7 Å². The minimum Gasteiger partial charge on any atom is -0.369 e. The Morgan fingerprint density at radius 1 is 1.21 bits per heavy atom. The van der Waals surface area contributed by atoms with Gasteiger partial charge in [0.05, 0.1) is 23.1 Å². The van der Waals surface area contributed by atoms with Gasteiger partial charge in [-0.2, -0.15) is 5.26 Å². The SMILES string of the molecule is CCCCC1C(=O)N(C)C(N)=N[C@]1(C)c1cccc(-c2cccc(C#N)c2)c1. The van der Waals surface area contributed by atoms with Crippen LogP contribution in [-0.4, -0.2) is 23.8 Å². The molecule has 5 heteroatoms. The van der Waals surface area contributed by atoms with E-state index in [1.807, 2.05) is 43.3 Å². The summed E-state index contributed by atoms with van der Waals surface area (Å²) in [6.07, 6.45) is 2.74. The molecule has 1 amide bonds. The van der Waals surface area contributed by atoms with E-state index in [9.17, 15) is 10.1 Å². The number of nitrogens with two attached hydrogens (primary N) is 1. The average molecular weight is 374 g/mol. The summed E-state index contributed by atoms with van der Waals surface area (Å²) in [5, 5.41) is 9.18. The molecule has 0 saturated heterocycles. The fourth-order valence-electron chi connectivity index (χ4n) is 3.84. The van der Waals surface area contributed by atoms with Gasteiger partial charge in [-0.3, -0.25) is 9.69 Å². The van der Waals surface area contributed by atoms with Gasteiger partial charge < -0.3 is 5.73 Å². The number of hydrogen-bond donors (Lipinski definition) is 1. The maximum Gasteiger partial charge on any atom is 0.234 e. The van der Waals surface area contributed by atoms with Crippen molar-refractivity contribution < 1.29 is 4.79 Å². The van der Waals surface area contributed by atoms with Crippen molar-refractivity contribution in [3.63, 3.8) is 0 Å². The number of carbonyl (C=O) groups is 1. The third kappa shape index (κ3) is 3.50. The van der Waals surface area contributed by atoms with E-state index >= 15 is 0 Å². The van der Waals surface area contributed by atoms with E-state index in [1.54, 1.807) is 13.1 Å². The van der Waals surface area contributed by atoms with Crippen molar-refractivity contribution in [1.82, 2.24) is 4.90 Å². The second kappa shape index (κ2) is 7.85. The van der Waals surface area contributed by atoms with E-state index in [0.717, 1.165) is 36.0 Å². The van der Waals surface area contributed by atoms with Crippen LogP contribution in [0.15, 0.2) is 53.5 Å². The van der Waals surface area contributed by atoms with E-state index in [2.05, 4.69) is 19.1 Å². The van der Waals surface area contributed by atoms with Crippen LogP contribution in [0.5, 0.6) is 0 Å². The van der Waals surface area contributed by atoms with Crippen molar-refractivity contribution in [1.29, 1.82) is 5.26 Å². The number of nitriles is 1. The maximum absolute atomic E-state index is 13.0. The Morgan fingerprint density at radius 2 is 1.89 bits per heavy atom. The number of benzene rings is 2. The molecule has 0 saturated carbocycles. The van der Waals surface area contributed by atoms with Crippen molar-refractivity contribution in [3.05, 3.63) is 59.7 Å². The zero-order valence-corrected chi connectivity index (χ0v) is 16.6. The van der Waals surface area contributed by atoms with Gasteiger partial charge in [0.15, 0.2) is 5.96 Å². The first-order valence-electron chi connectivity index (χ1n) is 9.64. The Kier molecular flexibility index (Phi) is 5.51. The van der Waals surface area contributed by atoms with Gasteiger partial charge in [0.1, 0.15) is 0 Å². The standard InChI is InChI=1S/C23H26N4O/c1-4-5-12-20-21(28)27(3)22(25)26-23(20,2)19-11-7-10-18(14-19)17-9-6-8-16(13-17)15-24/h6-11,13-14,20H,4-5,12H2,1-3H3,(H2,25,26)/t20?,23-/m1/s1. The quantitative estimate of drug-likeness (QED) is 0.857. The van der Waals surface area contributed by atoms with Crippen molar-refractivity contribution >= 4 is 11.9 Å². The summed E-state index contributed by atoms with van der Waals surface area (Å²) in [7, 11) is 1.68. The lowest BCUT2D eigenvalue weighted by Gasteiger charge is -2.41. The number of rotatable bonds is 5. The van der Waals surface area contributed by atoms with Gasteiger partial charge in [-0.25, -0.2) is 4.99 Å². The molecule has 0 aromatic heterocycles. The minimum absolute atomic E-state index is 0.0142. The number of unbranched alkanes of at least 4 members (excludes halogenated alkanes) is 1. The molecule has 0 spiro atoms. The normalized spacial score (nSPS) is 21.9. The molecule has 2 atom stereocenters. The van der Waals surface area contributed by atoms with Gasteiger partial charge in [-0.1, -0.05) is 50.1 Å². The molecule has 2 N–H and O–H groups in total. The van der Waals surface area contributed by atoms with Crippen LogP contribution in [-0.2, 0) is 10.3 Å². The Morgan fingerprint density at radius 3 is 2.57 bits per heavy atom. The zero-order valence-electron chi connectivity index (χ0n) is 16.6. The van der Waals surface area contributed by atoms with E-state index in [0.29, 0.717) is 5.56 Å². The molecule has 1 heterocycles. The van der Waals surface area contributed by atoms with Crippen LogP contribution in [0.4, 0.5) is 0 Å². The van der Waals surface area contributed by atoms with Crippen LogP contribution in [0.1, 0.15) is 44.2 Å². The highest BCUT2D eigenvalue weighted by molar-refractivity contribution is 6.00. The highest BCUT2D eigenvalue weighted by Crippen LogP contribution is 2.41. The molecule has 2 aromatic rings. The average Bonchev–Trinajstić information content (AvgIpc) is 2.72. The monoisotopic (exact) mass is 374 g/mol. The van der Waals surface area contributed by atoms with Crippen molar-refractivity contribution in [2.75, 3.05) is 7.05 Å². The van der Waals surface area contributed by atoms with Gasteiger partial charge in [0.25, 0.3) is 0 Å². The van der Waals surface area contributed by atoms with E-state index in [-0.39, 0.29) is 17.8 Å². The third-order valence-corrected chi connectivity index (χ3v) is 5.62. The second-order valence-corrected chi connectivity index (χ2v) is 7.48. The predicted octanol–water partition coefficient (Wildman–Crippen LogP) is 4.03. The van der Waals surface area contributed by atoms with E-state index < -0.39 is 5.54 Å². The first-order chi connectivity index (χ1) is 13.4. The third-order valence-electron chi connectivity index (χ3n) is 5.62. The van der Waals surface area contributed by atoms with Crippen LogP contribution in [0.2, 0.25) is 0 Å². The van der Waals surface area contributed by atoms with Crippen LogP contribution >= 0.6 is 0 Å². The van der Waals surface area contributed by atoms with Crippen molar-refractivity contribution in [3.8, 4) is 17.2 Å². The number of amides is 1. The van der Waals surface area contributed by atoms with Gasteiger partial charge in [0.2, 0.25) is 5.91 Å². The van der Waals surface area contributed by atoms with E-state index in [1.165, 1.54) is 4.90 Å². The molecule has 144 valence electrons. The lowest BCUT2D eigenvalue weighted by molar-refractivity contribution is -0.134. The zero-order chi connectivity index (χ0) is 20.3. The summed E-state index contributed by atoms with van der Waals surface area (Å²) in [5.41, 5.74) is 8.89. The largest absolute Gasteiger partial charge is 0.369 e. The molecule has 0 bridgehead atoms. The lowest BCUT2D eigenvalue weighted by atomic mass is 9.75. The fourth-order valence-corrected chi connectivity index (χ4v) is 3.84. The number of aliphatic imine (C=N–C) groups is 1. The second-order valence-electron chi connectivity index (χ2n) is 7.48. The summed E-state index contributed by atoms with van der Waals surface area (Å²) in [4.78, 5) is 19.2. The number of carbonyl (C=O) groups excluding carboxylic acids is 1. The Bertz CT molecular complexity index is 959. The van der Waals surface area contributed by atoms with Gasteiger partial charge in [0, 0.05) is 7.05 Å². The summed E-state index contributed by atoms with van der Waals surface area (Å²) in [6, 6.07) is 17.7. The van der Waals surface area contributed by atoms with Crippen LogP contribution in [0.3, 0.4) is 0 Å². The molecule has 1 unspecified atom stereocenters. The van der Waals surface area contributed by atoms with Crippen molar-refractivity contribution in [2.45, 2.75) is 38.6 Å². The molecule has 0 radical (unpaired) electrons. The highest BCUT2D eigenvalue weighted by atomic mass is 16.2. The Labute approximate surface area is 166 Å². The molecule has 1 aliphatic heterocycles. The van der Waals surface area contributed by atoms with Gasteiger partial charge in [-0.15, -0.1) is 0 Å². The summed E-state index contributed by atoms with van der Waals surface area (Å²) >= 11 is 0.